The van der Waals surface area contributed by atoms with E-state index < -0.39 is 0 Å². The second kappa shape index (κ2) is 7.86. The number of aromatic nitrogens is 1. The van der Waals surface area contributed by atoms with E-state index in [4.69, 9.17) is 4.74 Å². The molecule has 0 unspecified atom stereocenters. The summed E-state index contributed by atoms with van der Waals surface area (Å²) in [5, 5.41) is 5.66. The predicted octanol–water partition coefficient (Wildman–Crippen LogP) is 2.25. The summed E-state index contributed by atoms with van der Waals surface area (Å²) < 4.78 is 5.48. The third-order valence-corrected chi connectivity index (χ3v) is 4.19. The van der Waals surface area contributed by atoms with Gasteiger partial charge in [-0.05, 0) is 37.6 Å². The van der Waals surface area contributed by atoms with Crippen molar-refractivity contribution in [2.75, 3.05) is 24.6 Å². The second-order valence-electron chi connectivity index (χ2n) is 5.97. The molecule has 0 aliphatic carbocycles. The molecule has 1 aromatic carbocycles. The van der Waals surface area contributed by atoms with E-state index in [1.165, 1.54) is 0 Å². The Labute approximate surface area is 152 Å². The molecule has 0 spiro atoms. The van der Waals surface area contributed by atoms with Crippen LogP contribution in [0.2, 0.25) is 0 Å². The lowest BCUT2D eigenvalue weighted by atomic mass is 10.1. The van der Waals surface area contributed by atoms with Gasteiger partial charge < -0.3 is 15.4 Å². The van der Waals surface area contributed by atoms with Crippen molar-refractivity contribution in [2.45, 2.75) is 20.4 Å². The van der Waals surface area contributed by atoms with Crippen molar-refractivity contribution >= 4 is 17.6 Å². The highest BCUT2D eigenvalue weighted by molar-refractivity contribution is 5.99. The van der Waals surface area contributed by atoms with Gasteiger partial charge >= 0.3 is 6.03 Å². The van der Waals surface area contributed by atoms with E-state index in [9.17, 15) is 9.59 Å². The van der Waals surface area contributed by atoms with Crippen molar-refractivity contribution in [3.63, 3.8) is 0 Å². The molecule has 136 valence electrons. The van der Waals surface area contributed by atoms with Gasteiger partial charge in [-0.1, -0.05) is 12.1 Å². The number of carbonyl (C=O) groups excluding carboxylic acids is 2. The number of nitrogens with one attached hydrogen (secondary N) is 2. The molecule has 2 aromatic rings. The summed E-state index contributed by atoms with van der Waals surface area (Å²) in [6, 6.07) is 8.90. The number of amides is 3. The molecule has 1 aliphatic heterocycles. The molecule has 0 bridgehead atoms. The summed E-state index contributed by atoms with van der Waals surface area (Å²) in [6.07, 6.45) is 1.66. The number of urea groups is 1. The number of hydrogen-bond acceptors (Lipinski definition) is 4. The molecule has 0 radical (unpaired) electrons. The Hall–Kier alpha value is -3.09. The fourth-order valence-corrected chi connectivity index (χ4v) is 2.85. The second-order valence-corrected chi connectivity index (χ2v) is 5.97. The largest absolute Gasteiger partial charge is 0.478 e. The van der Waals surface area contributed by atoms with Crippen molar-refractivity contribution in [1.29, 1.82) is 0 Å². The molecule has 0 atom stereocenters. The Morgan fingerprint density at radius 2 is 2.23 bits per heavy atom. The molecular formula is C19H22N4O3. The zero-order valence-electron chi connectivity index (χ0n) is 14.9. The quantitative estimate of drug-likeness (QED) is 0.833. The topological polar surface area (TPSA) is 83.6 Å². The van der Waals surface area contributed by atoms with E-state index in [0.29, 0.717) is 37.7 Å². The van der Waals surface area contributed by atoms with Crippen LogP contribution in [-0.4, -0.2) is 36.6 Å². The lowest BCUT2D eigenvalue weighted by Gasteiger charge is -2.18. The van der Waals surface area contributed by atoms with Gasteiger partial charge in [0.15, 0.2) is 0 Å². The monoisotopic (exact) mass is 354 g/mol. The van der Waals surface area contributed by atoms with E-state index in [-0.39, 0.29) is 11.9 Å². The van der Waals surface area contributed by atoms with Crippen LogP contribution in [0, 0.1) is 6.92 Å². The SMILES string of the molecule is CCOc1ncccc1CNC(=O)c1ccc(C)c(N2CCNC2=O)c1. The molecule has 2 N–H and O–H groups in total. The average Bonchev–Trinajstić information content (AvgIpc) is 3.07. The van der Waals surface area contributed by atoms with Gasteiger partial charge in [-0.3, -0.25) is 9.69 Å². The first-order valence-corrected chi connectivity index (χ1v) is 8.61. The molecule has 2 heterocycles. The summed E-state index contributed by atoms with van der Waals surface area (Å²) in [5.74, 6) is 0.311. The van der Waals surface area contributed by atoms with Crippen molar-refractivity contribution in [3.05, 3.63) is 53.2 Å². The van der Waals surface area contributed by atoms with Gasteiger partial charge in [0.2, 0.25) is 5.88 Å². The van der Waals surface area contributed by atoms with Crippen LogP contribution in [0.15, 0.2) is 36.5 Å². The van der Waals surface area contributed by atoms with Crippen LogP contribution < -0.4 is 20.3 Å². The van der Waals surface area contributed by atoms with E-state index in [0.717, 1.165) is 16.8 Å². The minimum Gasteiger partial charge on any atom is -0.478 e. The highest BCUT2D eigenvalue weighted by Crippen LogP contribution is 2.23. The summed E-state index contributed by atoms with van der Waals surface area (Å²) in [7, 11) is 0. The molecule has 1 fully saturated rings. The Bertz CT molecular complexity index is 822. The number of nitrogens with zero attached hydrogens (tertiary/aromatic N) is 2. The number of benzene rings is 1. The molecule has 7 heteroatoms. The summed E-state index contributed by atoms with van der Waals surface area (Å²) in [4.78, 5) is 30.3. The summed E-state index contributed by atoms with van der Waals surface area (Å²) in [5.41, 5.74) is 3.02. The number of rotatable bonds is 6. The number of anilines is 1. The molecule has 26 heavy (non-hydrogen) atoms. The van der Waals surface area contributed by atoms with E-state index >= 15 is 0 Å². The van der Waals surface area contributed by atoms with Crippen LogP contribution >= 0.6 is 0 Å². The van der Waals surface area contributed by atoms with Gasteiger partial charge in [-0.25, -0.2) is 9.78 Å². The highest BCUT2D eigenvalue weighted by Gasteiger charge is 2.23. The van der Waals surface area contributed by atoms with E-state index in [1.807, 2.05) is 26.0 Å². The first-order chi connectivity index (χ1) is 12.6. The molecule has 1 aliphatic rings. The third-order valence-electron chi connectivity index (χ3n) is 4.19. The summed E-state index contributed by atoms with van der Waals surface area (Å²) >= 11 is 0. The third kappa shape index (κ3) is 3.77. The Morgan fingerprint density at radius 3 is 2.96 bits per heavy atom. The van der Waals surface area contributed by atoms with Gasteiger partial charge in [0.25, 0.3) is 5.91 Å². The van der Waals surface area contributed by atoms with Gasteiger partial charge in [0.05, 0.1) is 6.61 Å². The number of aryl methyl sites for hydroxylation is 1. The van der Waals surface area contributed by atoms with Crippen LogP contribution in [0.4, 0.5) is 10.5 Å². The predicted molar refractivity (Wildman–Crippen MR) is 98.5 cm³/mol. The lowest BCUT2D eigenvalue weighted by Crippen LogP contribution is -2.29. The smallest absolute Gasteiger partial charge is 0.322 e. The van der Waals surface area contributed by atoms with Crippen molar-refractivity contribution in [2.24, 2.45) is 0 Å². The van der Waals surface area contributed by atoms with Crippen molar-refractivity contribution in [1.82, 2.24) is 15.6 Å². The van der Waals surface area contributed by atoms with Gasteiger partial charge in [-0.15, -0.1) is 0 Å². The Balaban J connectivity index is 1.73. The minimum atomic E-state index is -0.211. The standard InChI is InChI=1S/C19H22N4O3/c1-3-26-18-15(5-4-8-20-18)12-22-17(24)14-7-6-13(2)16(11-14)23-10-9-21-19(23)25/h4-8,11H,3,9-10,12H2,1-2H3,(H,21,25)(H,22,24). The normalized spacial score (nSPS) is 13.5. The summed E-state index contributed by atoms with van der Waals surface area (Å²) in [6.45, 7) is 5.84. The van der Waals surface area contributed by atoms with E-state index in [1.54, 1.807) is 29.3 Å². The molecule has 3 amide bonds. The zero-order chi connectivity index (χ0) is 18.5. The molecule has 1 aromatic heterocycles. The maximum Gasteiger partial charge on any atom is 0.322 e. The maximum absolute atomic E-state index is 12.6. The lowest BCUT2D eigenvalue weighted by molar-refractivity contribution is 0.0950. The molecular weight excluding hydrogens is 332 g/mol. The fourth-order valence-electron chi connectivity index (χ4n) is 2.85. The van der Waals surface area contributed by atoms with E-state index in [2.05, 4.69) is 15.6 Å². The maximum atomic E-state index is 12.6. The minimum absolute atomic E-state index is 0.137. The van der Waals surface area contributed by atoms with Crippen LogP contribution in [0.5, 0.6) is 5.88 Å². The first kappa shape index (κ1) is 17.7. The highest BCUT2D eigenvalue weighted by atomic mass is 16.5. The van der Waals surface area contributed by atoms with Gasteiger partial charge in [0.1, 0.15) is 0 Å². The van der Waals surface area contributed by atoms with Crippen molar-refractivity contribution in [3.8, 4) is 5.88 Å². The molecule has 3 rings (SSSR count). The number of pyridine rings is 1. The Morgan fingerprint density at radius 1 is 1.38 bits per heavy atom. The number of hydrogen-bond donors (Lipinski definition) is 2. The average molecular weight is 354 g/mol. The van der Waals surface area contributed by atoms with Crippen LogP contribution in [0.25, 0.3) is 0 Å². The fraction of sp³-hybridized carbons (Fsp3) is 0.316. The number of carbonyl (C=O) groups is 2. The molecule has 0 saturated carbocycles. The molecule has 7 nitrogen and oxygen atoms in total. The number of ether oxygens (including phenoxy) is 1. The first-order valence-electron chi connectivity index (χ1n) is 8.61. The Kier molecular flexibility index (Phi) is 5.36. The zero-order valence-corrected chi connectivity index (χ0v) is 14.9. The van der Waals surface area contributed by atoms with Gasteiger partial charge in [-0.2, -0.15) is 0 Å². The van der Waals surface area contributed by atoms with Crippen molar-refractivity contribution < 1.29 is 14.3 Å². The molecule has 1 saturated heterocycles. The van der Waals surface area contributed by atoms with Crippen LogP contribution in [-0.2, 0) is 6.54 Å². The van der Waals surface area contributed by atoms with Gasteiger partial charge in [0, 0.05) is 42.6 Å². The van der Waals surface area contributed by atoms with Crippen LogP contribution in [0.3, 0.4) is 0 Å². The van der Waals surface area contributed by atoms with Crippen LogP contribution in [0.1, 0.15) is 28.4 Å².